The Morgan fingerprint density at radius 3 is 1.08 bits per heavy atom. The molecule has 0 saturated heterocycles. The van der Waals surface area contributed by atoms with Gasteiger partial charge >= 0.3 is 82.9 Å². The molecular weight excluding hydrogens is 177 g/mol. The Morgan fingerprint density at radius 2 is 1.08 bits per heavy atom. The average molecular weight is 201 g/mol. The van der Waals surface area contributed by atoms with E-state index >= 15 is 0 Å². The Kier molecular flexibility index (Phi) is 3.56. The maximum atomic E-state index is 9.56. The summed E-state index contributed by atoms with van der Waals surface area (Å²) in [5, 5.41) is 9.56. The van der Waals surface area contributed by atoms with Crippen LogP contribution in [0.3, 0.4) is 0 Å². The molecule has 0 saturated carbocycles. The van der Waals surface area contributed by atoms with Gasteiger partial charge < -0.3 is 0 Å². The van der Waals surface area contributed by atoms with Gasteiger partial charge in [-0.05, 0) is 0 Å². The summed E-state index contributed by atoms with van der Waals surface area (Å²) < 4.78 is 0. The molecule has 0 aliphatic carbocycles. The third-order valence-electron chi connectivity index (χ3n) is 4.39. The van der Waals surface area contributed by atoms with Crippen molar-refractivity contribution in [2.45, 2.75) is 58.5 Å². The van der Waals surface area contributed by atoms with E-state index < -0.39 is 6.60 Å². The minimum atomic E-state index is -2.17. The molecule has 2 heteroatoms. The van der Waals surface area contributed by atoms with Crippen LogP contribution < -0.4 is 0 Å². The number of hydrogen-bond acceptors (Lipinski definition) is 1. The minimum absolute atomic E-state index is 0.510. The standard InChI is InChI=1S/C11H24NP/c1-9(2)13(7,8-12,10(3)4)11(5)6/h9-11H,1-7H3. The van der Waals surface area contributed by atoms with Gasteiger partial charge in [-0.3, -0.25) is 0 Å². The van der Waals surface area contributed by atoms with Crippen molar-refractivity contribution < 1.29 is 0 Å². The summed E-state index contributed by atoms with van der Waals surface area (Å²) in [6.45, 7) is 13.3. The van der Waals surface area contributed by atoms with Crippen LogP contribution in [0.1, 0.15) is 41.5 Å². The molecule has 0 bridgehead atoms. The summed E-state index contributed by atoms with van der Waals surface area (Å²) in [7, 11) is 0. The van der Waals surface area contributed by atoms with Crippen LogP contribution >= 0.6 is 6.60 Å². The van der Waals surface area contributed by atoms with Crippen LogP contribution in [0, 0.1) is 11.1 Å². The molecule has 0 atom stereocenters. The molecule has 0 amide bonds. The molecule has 0 aliphatic rings. The third-order valence-corrected chi connectivity index (χ3v) is 13.2. The first-order chi connectivity index (χ1) is 5.71. The van der Waals surface area contributed by atoms with Crippen molar-refractivity contribution in [2.24, 2.45) is 0 Å². The molecule has 0 aromatic heterocycles. The molecule has 0 fully saturated rings. The van der Waals surface area contributed by atoms with Crippen LogP contribution in [0.2, 0.25) is 0 Å². The summed E-state index contributed by atoms with van der Waals surface area (Å²) >= 11 is 0. The monoisotopic (exact) mass is 201 g/mol. The van der Waals surface area contributed by atoms with Gasteiger partial charge in [-0.15, -0.1) is 0 Å². The average Bonchev–Trinajstić information content (AvgIpc) is 2.01. The van der Waals surface area contributed by atoms with E-state index in [1.807, 2.05) is 0 Å². The maximum absolute atomic E-state index is 9.56. The zero-order valence-corrected chi connectivity index (χ0v) is 11.0. The molecule has 0 aromatic rings. The van der Waals surface area contributed by atoms with Gasteiger partial charge in [0.1, 0.15) is 0 Å². The Balaban J connectivity index is 5.51. The van der Waals surface area contributed by atoms with Crippen LogP contribution in [0.25, 0.3) is 0 Å². The van der Waals surface area contributed by atoms with Crippen LogP contribution in [0.4, 0.5) is 0 Å². The van der Waals surface area contributed by atoms with Crippen molar-refractivity contribution in [3.63, 3.8) is 0 Å². The first-order valence-electron chi connectivity index (χ1n) is 5.13. The van der Waals surface area contributed by atoms with E-state index in [9.17, 15) is 5.26 Å². The van der Waals surface area contributed by atoms with Crippen LogP contribution in [-0.2, 0) is 0 Å². The van der Waals surface area contributed by atoms with Crippen molar-refractivity contribution in [1.29, 1.82) is 5.26 Å². The van der Waals surface area contributed by atoms with Crippen molar-refractivity contribution in [3.05, 3.63) is 0 Å². The van der Waals surface area contributed by atoms with Gasteiger partial charge in [-0.1, -0.05) is 0 Å². The van der Waals surface area contributed by atoms with E-state index in [0.29, 0.717) is 17.0 Å². The van der Waals surface area contributed by atoms with Crippen LogP contribution in [0.5, 0.6) is 0 Å². The Labute approximate surface area is 83.5 Å². The number of nitrogens with zero attached hydrogens (tertiary/aromatic N) is 1. The van der Waals surface area contributed by atoms with Gasteiger partial charge in [-0.2, -0.15) is 0 Å². The van der Waals surface area contributed by atoms with Crippen LogP contribution in [0.15, 0.2) is 0 Å². The van der Waals surface area contributed by atoms with Gasteiger partial charge in [0.05, 0.1) is 0 Å². The predicted molar refractivity (Wildman–Crippen MR) is 63.9 cm³/mol. The summed E-state index contributed by atoms with van der Waals surface area (Å²) in [5.41, 5.74) is 1.53. The fraction of sp³-hybridized carbons (Fsp3) is 0.909. The molecular formula is C11H24NP. The quantitative estimate of drug-likeness (QED) is 0.636. The van der Waals surface area contributed by atoms with E-state index in [-0.39, 0.29) is 0 Å². The second kappa shape index (κ2) is 3.58. The predicted octanol–water partition coefficient (Wildman–Crippen LogP) is 3.88. The normalized spacial score (nSPS) is 15.9. The molecule has 13 heavy (non-hydrogen) atoms. The van der Waals surface area contributed by atoms with Gasteiger partial charge in [-0.25, -0.2) is 0 Å². The molecule has 0 N–H and O–H groups in total. The molecule has 78 valence electrons. The van der Waals surface area contributed by atoms with E-state index in [0.717, 1.165) is 0 Å². The number of rotatable bonds is 3. The first-order valence-corrected chi connectivity index (χ1v) is 8.02. The molecule has 0 aliphatic heterocycles. The van der Waals surface area contributed by atoms with Gasteiger partial charge in [0, 0.05) is 0 Å². The van der Waals surface area contributed by atoms with Crippen molar-refractivity contribution in [2.75, 3.05) is 6.66 Å². The van der Waals surface area contributed by atoms with Crippen molar-refractivity contribution in [3.8, 4) is 5.81 Å². The van der Waals surface area contributed by atoms with Gasteiger partial charge in [0.2, 0.25) is 0 Å². The molecule has 0 spiro atoms. The summed E-state index contributed by atoms with van der Waals surface area (Å²) in [6, 6.07) is 0. The van der Waals surface area contributed by atoms with E-state index in [1.54, 1.807) is 0 Å². The fourth-order valence-electron chi connectivity index (χ4n) is 2.14. The van der Waals surface area contributed by atoms with E-state index in [1.165, 1.54) is 0 Å². The summed E-state index contributed by atoms with van der Waals surface area (Å²) in [6.07, 6.45) is 0. The molecule has 1 nitrogen and oxygen atoms in total. The summed E-state index contributed by atoms with van der Waals surface area (Å²) in [4.78, 5) is 0. The molecule has 0 unspecified atom stereocenters. The second-order valence-corrected chi connectivity index (χ2v) is 12.2. The zero-order chi connectivity index (χ0) is 10.9. The molecule has 0 aromatic carbocycles. The number of hydrogen-bond donors (Lipinski definition) is 0. The van der Waals surface area contributed by atoms with E-state index in [2.05, 4.69) is 54.0 Å². The molecule has 0 rings (SSSR count). The fourth-order valence-corrected chi connectivity index (χ4v) is 6.41. The molecule has 0 radical (unpaired) electrons. The topological polar surface area (TPSA) is 23.8 Å². The summed E-state index contributed by atoms with van der Waals surface area (Å²) in [5.74, 6) is 2.72. The SMILES string of the molecule is CC(C)P(C)(C#N)(C(C)C)C(C)C. The number of nitriles is 1. The van der Waals surface area contributed by atoms with Crippen molar-refractivity contribution >= 4 is 6.60 Å². The van der Waals surface area contributed by atoms with Gasteiger partial charge in [0.15, 0.2) is 0 Å². The van der Waals surface area contributed by atoms with Crippen LogP contribution in [-0.4, -0.2) is 23.6 Å². The van der Waals surface area contributed by atoms with E-state index in [4.69, 9.17) is 0 Å². The second-order valence-electron chi connectivity index (χ2n) is 5.21. The third kappa shape index (κ3) is 1.50. The Bertz CT molecular complexity index is 198. The zero-order valence-electron chi connectivity index (χ0n) is 10.1. The van der Waals surface area contributed by atoms with Gasteiger partial charge in [0.25, 0.3) is 0 Å². The molecule has 0 heterocycles. The Morgan fingerprint density at radius 1 is 0.846 bits per heavy atom. The van der Waals surface area contributed by atoms with Crippen molar-refractivity contribution in [1.82, 2.24) is 0 Å². The Hall–Kier alpha value is -0.0800. The first kappa shape index (κ1) is 12.9.